The molecular weight excluding hydrogens is 183 g/mol. The van der Waals surface area contributed by atoms with E-state index >= 15 is 0 Å². The molecule has 52 valence electrons. The van der Waals surface area contributed by atoms with E-state index in [4.69, 9.17) is 10.0 Å². The van der Waals surface area contributed by atoms with Crippen LogP contribution in [0.2, 0.25) is 0 Å². The average molecular weight is 193 g/mol. The molecular formula is C5H10BBrO2. The van der Waals surface area contributed by atoms with Crippen LogP contribution in [-0.2, 0) is 0 Å². The van der Waals surface area contributed by atoms with Crippen LogP contribution in [0, 0.1) is 5.41 Å². The molecule has 0 saturated heterocycles. The minimum atomic E-state index is -1.23. The van der Waals surface area contributed by atoms with Crippen molar-refractivity contribution in [3.63, 3.8) is 0 Å². The van der Waals surface area contributed by atoms with Crippen molar-refractivity contribution < 1.29 is 10.0 Å². The van der Waals surface area contributed by atoms with Crippen LogP contribution in [0.3, 0.4) is 0 Å². The predicted octanol–water partition coefficient (Wildman–Crippen LogP) is 0.562. The third kappa shape index (κ3) is 0.934. The van der Waals surface area contributed by atoms with E-state index < -0.39 is 11.3 Å². The van der Waals surface area contributed by atoms with E-state index in [-0.39, 0.29) is 5.41 Å². The van der Waals surface area contributed by atoms with Gasteiger partial charge in [0.1, 0.15) is 0 Å². The summed E-state index contributed by atoms with van der Waals surface area (Å²) in [7, 11) is -1.23. The largest absolute Gasteiger partial charge is 0.469 e. The van der Waals surface area contributed by atoms with Crippen molar-refractivity contribution in [2.24, 2.45) is 5.41 Å². The maximum absolute atomic E-state index is 8.80. The van der Waals surface area contributed by atoms with Gasteiger partial charge in [0.25, 0.3) is 0 Å². The molecule has 0 aliphatic heterocycles. The van der Waals surface area contributed by atoms with E-state index in [1.807, 2.05) is 13.8 Å². The van der Waals surface area contributed by atoms with Gasteiger partial charge < -0.3 is 10.0 Å². The molecule has 0 spiro atoms. The molecule has 1 unspecified atom stereocenters. The first-order valence-corrected chi connectivity index (χ1v) is 3.74. The molecule has 0 bridgehead atoms. The van der Waals surface area contributed by atoms with E-state index in [0.29, 0.717) is 0 Å². The van der Waals surface area contributed by atoms with Crippen molar-refractivity contribution in [3.05, 3.63) is 0 Å². The molecule has 9 heavy (non-hydrogen) atoms. The third-order valence-corrected chi connectivity index (χ3v) is 3.87. The predicted molar refractivity (Wildman–Crippen MR) is 40.2 cm³/mol. The fourth-order valence-electron chi connectivity index (χ4n) is 1.04. The Morgan fingerprint density at radius 2 is 1.78 bits per heavy atom. The van der Waals surface area contributed by atoms with Crippen LogP contribution in [0.1, 0.15) is 20.3 Å². The van der Waals surface area contributed by atoms with Crippen molar-refractivity contribution in [2.75, 3.05) is 0 Å². The lowest BCUT2D eigenvalue weighted by atomic mass is 9.79. The Bertz CT molecular complexity index is 137. The van der Waals surface area contributed by atoms with Gasteiger partial charge in [0.15, 0.2) is 0 Å². The molecule has 0 aromatic carbocycles. The van der Waals surface area contributed by atoms with Crippen LogP contribution in [0.25, 0.3) is 0 Å². The molecule has 0 heterocycles. The summed E-state index contributed by atoms with van der Waals surface area (Å²) in [6.07, 6.45) is 0.831. The summed E-state index contributed by atoms with van der Waals surface area (Å²) in [5.74, 6) is 0. The van der Waals surface area contributed by atoms with Gasteiger partial charge >= 0.3 is 7.12 Å². The maximum Gasteiger partial charge on any atom is 0.469 e. The zero-order chi connectivity index (χ0) is 7.28. The van der Waals surface area contributed by atoms with Crippen molar-refractivity contribution in [3.8, 4) is 0 Å². The van der Waals surface area contributed by atoms with Gasteiger partial charge in [0.05, 0.1) is 4.22 Å². The number of hydrogen-bond acceptors (Lipinski definition) is 2. The summed E-state index contributed by atoms with van der Waals surface area (Å²) < 4.78 is -0.431. The minimum Gasteiger partial charge on any atom is -0.426 e. The highest BCUT2D eigenvalue weighted by Gasteiger charge is 2.66. The van der Waals surface area contributed by atoms with Crippen molar-refractivity contribution >= 4 is 23.0 Å². The summed E-state index contributed by atoms with van der Waals surface area (Å²) in [5.41, 5.74) is 0.0428. The molecule has 0 radical (unpaired) electrons. The van der Waals surface area contributed by atoms with E-state index in [1.54, 1.807) is 0 Å². The van der Waals surface area contributed by atoms with Gasteiger partial charge in [-0.1, -0.05) is 29.8 Å². The molecule has 0 aromatic rings. The zero-order valence-corrected chi connectivity index (χ0v) is 7.14. The highest BCUT2D eigenvalue weighted by molar-refractivity contribution is 9.10. The summed E-state index contributed by atoms with van der Waals surface area (Å²) in [6.45, 7) is 4.00. The van der Waals surface area contributed by atoms with Crippen LogP contribution in [0.4, 0.5) is 0 Å². The standard InChI is InChI=1S/C5H10BBrO2/c1-4(2)3-5(4,7)6(8)9/h8-9H,3H2,1-2H3. The first kappa shape index (κ1) is 7.57. The average Bonchev–Trinajstić information content (AvgIpc) is 2.08. The smallest absolute Gasteiger partial charge is 0.426 e. The lowest BCUT2D eigenvalue weighted by molar-refractivity contribution is 0.390. The Balaban J connectivity index is 2.63. The minimum absolute atomic E-state index is 0.0428. The molecule has 2 N–H and O–H groups in total. The number of hydrogen-bond donors (Lipinski definition) is 2. The van der Waals surface area contributed by atoms with Crippen LogP contribution in [0.15, 0.2) is 0 Å². The zero-order valence-electron chi connectivity index (χ0n) is 5.56. The topological polar surface area (TPSA) is 40.5 Å². The summed E-state index contributed by atoms with van der Waals surface area (Å²) in [4.78, 5) is 0. The lowest BCUT2D eigenvalue weighted by Crippen LogP contribution is -2.31. The second-order valence-corrected chi connectivity index (χ2v) is 4.71. The van der Waals surface area contributed by atoms with E-state index in [0.717, 1.165) is 6.42 Å². The Morgan fingerprint density at radius 3 is 1.78 bits per heavy atom. The van der Waals surface area contributed by atoms with E-state index in [2.05, 4.69) is 15.9 Å². The van der Waals surface area contributed by atoms with Gasteiger partial charge in [-0.25, -0.2) is 0 Å². The molecule has 1 saturated carbocycles. The Kier molecular flexibility index (Phi) is 1.46. The summed E-state index contributed by atoms with van der Waals surface area (Å²) in [5, 5.41) is 17.6. The van der Waals surface area contributed by atoms with E-state index in [1.165, 1.54) is 0 Å². The molecule has 0 aromatic heterocycles. The second kappa shape index (κ2) is 1.74. The number of alkyl halides is 1. The van der Waals surface area contributed by atoms with Crippen LogP contribution >= 0.6 is 15.9 Å². The first-order valence-electron chi connectivity index (χ1n) is 2.95. The van der Waals surface area contributed by atoms with E-state index in [9.17, 15) is 0 Å². The van der Waals surface area contributed by atoms with Gasteiger partial charge in [0, 0.05) is 0 Å². The van der Waals surface area contributed by atoms with Gasteiger partial charge in [-0.3, -0.25) is 0 Å². The molecule has 4 heteroatoms. The normalized spacial score (nSPS) is 38.3. The molecule has 2 nitrogen and oxygen atoms in total. The molecule has 1 aliphatic carbocycles. The molecule has 1 aliphatic rings. The quantitative estimate of drug-likeness (QED) is 0.471. The monoisotopic (exact) mass is 192 g/mol. The molecule has 1 rings (SSSR count). The fraction of sp³-hybridized carbons (Fsp3) is 1.00. The molecule has 1 atom stereocenters. The fourth-order valence-corrected chi connectivity index (χ4v) is 1.74. The second-order valence-electron chi connectivity index (χ2n) is 3.30. The third-order valence-electron chi connectivity index (χ3n) is 2.11. The van der Waals surface area contributed by atoms with Gasteiger partial charge in [-0.05, 0) is 11.8 Å². The molecule has 0 amide bonds. The van der Waals surface area contributed by atoms with Crippen LogP contribution < -0.4 is 0 Å². The van der Waals surface area contributed by atoms with Crippen LogP contribution in [-0.4, -0.2) is 21.4 Å². The maximum atomic E-state index is 8.80. The van der Waals surface area contributed by atoms with Gasteiger partial charge in [0.2, 0.25) is 0 Å². The van der Waals surface area contributed by atoms with Gasteiger partial charge in [-0.15, -0.1) is 0 Å². The Hall–Kier alpha value is 0.465. The van der Waals surface area contributed by atoms with Crippen molar-refractivity contribution in [2.45, 2.75) is 24.5 Å². The number of halogens is 1. The van der Waals surface area contributed by atoms with Crippen LogP contribution in [0.5, 0.6) is 0 Å². The van der Waals surface area contributed by atoms with Crippen molar-refractivity contribution in [1.82, 2.24) is 0 Å². The van der Waals surface area contributed by atoms with Crippen molar-refractivity contribution in [1.29, 1.82) is 0 Å². The SMILES string of the molecule is CC1(C)CC1(Br)B(O)O. The number of rotatable bonds is 1. The Labute approximate surface area is 63.5 Å². The summed E-state index contributed by atoms with van der Waals surface area (Å²) >= 11 is 3.28. The highest BCUT2D eigenvalue weighted by atomic mass is 79.9. The van der Waals surface area contributed by atoms with Gasteiger partial charge in [-0.2, -0.15) is 0 Å². The summed E-state index contributed by atoms with van der Waals surface area (Å²) in [6, 6.07) is 0. The Morgan fingerprint density at radius 1 is 1.44 bits per heavy atom. The lowest BCUT2D eigenvalue weighted by Gasteiger charge is -2.09. The first-order chi connectivity index (χ1) is 3.90. The molecule has 1 fully saturated rings. The highest BCUT2D eigenvalue weighted by Crippen LogP contribution is 2.62.